The van der Waals surface area contributed by atoms with Gasteiger partial charge < -0.3 is 14.7 Å². The summed E-state index contributed by atoms with van der Waals surface area (Å²) < 4.78 is 0. The Hall–Kier alpha value is -2.41. The van der Waals surface area contributed by atoms with E-state index in [1.54, 1.807) is 4.90 Å². The number of carbonyl (C=O) groups excluding carboxylic acids is 3. The summed E-state index contributed by atoms with van der Waals surface area (Å²) in [5.41, 5.74) is 3.29. The van der Waals surface area contributed by atoms with Crippen molar-refractivity contribution in [2.24, 2.45) is 5.41 Å². The maximum atomic E-state index is 12.8. The minimum absolute atomic E-state index is 0.105. The van der Waals surface area contributed by atoms with Gasteiger partial charge in [-0.1, -0.05) is 0 Å². The molecule has 0 aromatic heterocycles. The zero-order valence-electron chi connectivity index (χ0n) is 16.2. The highest BCUT2D eigenvalue weighted by Gasteiger charge is 2.45. The lowest BCUT2D eigenvalue weighted by molar-refractivity contribution is -0.136. The third-order valence-corrected chi connectivity index (χ3v) is 6.97. The van der Waals surface area contributed by atoms with E-state index in [1.165, 1.54) is 31.6 Å². The predicted molar refractivity (Wildman–Crippen MR) is 104 cm³/mol. The van der Waals surface area contributed by atoms with Crippen LogP contribution in [0.3, 0.4) is 0 Å². The van der Waals surface area contributed by atoms with Gasteiger partial charge in [-0.25, -0.2) is 0 Å². The molecule has 1 atom stereocenters. The van der Waals surface area contributed by atoms with Crippen LogP contribution in [0.25, 0.3) is 0 Å². The first-order valence-corrected chi connectivity index (χ1v) is 10.2. The van der Waals surface area contributed by atoms with Gasteiger partial charge in [0.05, 0.1) is 0 Å². The molecule has 3 saturated heterocycles. The van der Waals surface area contributed by atoms with Gasteiger partial charge in [0.2, 0.25) is 11.8 Å². The van der Waals surface area contributed by atoms with Crippen LogP contribution in [0.2, 0.25) is 0 Å². The van der Waals surface area contributed by atoms with Crippen molar-refractivity contribution in [2.45, 2.75) is 38.3 Å². The van der Waals surface area contributed by atoms with Crippen LogP contribution >= 0.6 is 0 Å². The standard InChI is InChI=1S/C21H26N4O3/c1-23-8-6-21(7-9-23)12-24(13-21)15-2-3-16-14(10-15)11-25(20(16)28)17-4-5-18(26)22-19(17)27/h2-3,10,17H,4-9,11-13H2,1H3,(H,22,26,27). The summed E-state index contributed by atoms with van der Waals surface area (Å²) >= 11 is 0. The van der Waals surface area contributed by atoms with Crippen LogP contribution in [-0.2, 0) is 16.1 Å². The van der Waals surface area contributed by atoms with E-state index in [2.05, 4.69) is 28.2 Å². The van der Waals surface area contributed by atoms with E-state index in [4.69, 9.17) is 0 Å². The number of hydrogen-bond acceptors (Lipinski definition) is 5. The van der Waals surface area contributed by atoms with Crippen molar-refractivity contribution in [1.82, 2.24) is 15.1 Å². The highest BCUT2D eigenvalue weighted by atomic mass is 16.2. The number of benzene rings is 1. The molecule has 1 aromatic rings. The summed E-state index contributed by atoms with van der Waals surface area (Å²) in [6.45, 7) is 4.97. The first-order valence-electron chi connectivity index (χ1n) is 10.2. The topological polar surface area (TPSA) is 73.0 Å². The predicted octanol–water partition coefficient (Wildman–Crippen LogP) is 0.980. The maximum Gasteiger partial charge on any atom is 0.255 e. The molecular formula is C21H26N4O3. The second-order valence-corrected chi connectivity index (χ2v) is 8.90. The molecule has 0 saturated carbocycles. The van der Waals surface area contributed by atoms with Crippen LogP contribution in [0.5, 0.6) is 0 Å². The Morgan fingerprint density at radius 3 is 2.57 bits per heavy atom. The van der Waals surface area contributed by atoms with E-state index >= 15 is 0 Å². The number of amides is 3. The summed E-state index contributed by atoms with van der Waals surface area (Å²) in [6.07, 6.45) is 3.20. The quantitative estimate of drug-likeness (QED) is 0.772. The lowest BCUT2D eigenvalue weighted by atomic mass is 9.72. The van der Waals surface area contributed by atoms with Crippen molar-refractivity contribution in [3.63, 3.8) is 0 Å². The monoisotopic (exact) mass is 382 g/mol. The molecule has 1 unspecified atom stereocenters. The second kappa shape index (κ2) is 6.30. The maximum absolute atomic E-state index is 12.8. The van der Waals surface area contributed by atoms with Crippen molar-refractivity contribution in [3.8, 4) is 0 Å². The number of fused-ring (bicyclic) bond motifs is 1. The Labute approximate surface area is 164 Å². The summed E-state index contributed by atoms with van der Waals surface area (Å²) in [7, 11) is 2.19. The number of anilines is 1. The Kier molecular flexibility index (Phi) is 3.98. The highest BCUT2D eigenvalue weighted by molar-refractivity contribution is 6.05. The van der Waals surface area contributed by atoms with Crippen LogP contribution in [0.1, 0.15) is 41.6 Å². The molecule has 0 bridgehead atoms. The fraction of sp³-hybridized carbons (Fsp3) is 0.571. The average Bonchev–Trinajstić information content (AvgIpc) is 2.97. The Balaban J connectivity index is 1.29. The summed E-state index contributed by atoms with van der Waals surface area (Å²) in [4.78, 5) is 42.8. The van der Waals surface area contributed by atoms with Crippen molar-refractivity contribution in [2.75, 3.05) is 38.1 Å². The summed E-state index contributed by atoms with van der Waals surface area (Å²) in [5.74, 6) is -0.718. The van der Waals surface area contributed by atoms with Gasteiger partial charge in [0, 0.05) is 42.7 Å². The number of imide groups is 1. The molecule has 3 fully saturated rings. The number of hydrogen-bond donors (Lipinski definition) is 1. The smallest absolute Gasteiger partial charge is 0.255 e. The summed E-state index contributed by atoms with van der Waals surface area (Å²) in [5, 5.41) is 2.35. The number of rotatable bonds is 2. The van der Waals surface area contributed by atoms with Crippen LogP contribution < -0.4 is 10.2 Å². The van der Waals surface area contributed by atoms with Crippen molar-refractivity contribution >= 4 is 23.4 Å². The van der Waals surface area contributed by atoms with Crippen molar-refractivity contribution in [1.29, 1.82) is 0 Å². The lowest BCUT2D eigenvalue weighted by Crippen LogP contribution is -2.60. The number of nitrogens with zero attached hydrogens (tertiary/aromatic N) is 3. The molecule has 7 heteroatoms. The normalized spacial score (nSPS) is 27.0. The number of nitrogens with one attached hydrogen (secondary N) is 1. The first-order chi connectivity index (χ1) is 13.4. The van der Waals surface area contributed by atoms with Gasteiger partial charge in [0.15, 0.2) is 0 Å². The molecule has 1 N–H and O–H groups in total. The van der Waals surface area contributed by atoms with Gasteiger partial charge in [-0.2, -0.15) is 0 Å². The lowest BCUT2D eigenvalue weighted by Gasteiger charge is -2.54. The van der Waals surface area contributed by atoms with Gasteiger partial charge in [0.25, 0.3) is 5.91 Å². The van der Waals surface area contributed by atoms with Crippen LogP contribution in [-0.4, -0.2) is 66.8 Å². The Morgan fingerprint density at radius 2 is 1.86 bits per heavy atom. The molecule has 4 heterocycles. The van der Waals surface area contributed by atoms with Gasteiger partial charge in [-0.15, -0.1) is 0 Å². The van der Waals surface area contributed by atoms with Crippen LogP contribution in [0.4, 0.5) is 5.69 Å². The van der Waals surface area contributed by atoms with Gasteiger partial charge in [-0.05, 0) is 63.2 Å². The van der Waals surface area contributed by atoms with E-state index in [9.17, 15) is 14.4 Å². The largest absolute Gasteiger partial charge is 0.370 e. The number of carbonyl (C=O) groups is 3. The van der Waals surface area contributed by atoms with E-state index in [0.29, 0.717) is 23.9 Å². The molecule has 148 valence electrons. The van der Waals surface area contributed by atoms with Gasteiger partial charge in [0.1, 0.15) is 6.04 Å². The molecule has 5 rings (SSSR count). The summed E-state index contributed by atoms with van der Waals surface area (Å²) in [6, 6.07) is 5.50. The molecule has 4 aliphatic heterocycles. The van der Waals surface area contributed by atoms with E-state index < -0.39 is 6.04 Å². The van der Waals surface area contributed by atoms with Crippen molar-refractivity contribution in [3.05, 3.63) is 29.3 Å². The van der Waals surface area contributed by atoms with Crippen molar-refractivity contribution < 1.29 is 14.4 Å². The minimum atomic E-state index is -0.549. The first kappa shape index (κ1) is 17.7. The Bertz CT molecular complexity index is 851. The molecular weight excluding hydrogens is 356 g/mol. The minimum Gasteiger partial charge on any atom is -0.370 e. The molecule has 0 aliphatic carbocycles. The number of likely N-dealkylation sites (tertiary alicyclic amines) is 1. The molecule has 4 aliphatic rings. The van der Waals surface area contributed by atoms with E-state index in [1.807, 2.05) is 12.1 Å². The SMILES string of the molecule is CN1CCC2(CC1)CN(c1ccc3c(c1)CN(C1CCC(=O)NC1=O)C3=O)C2. The van der Waals surface area contributed by atoms with E-state index in [-0.39, 0.29) is 24.1 Å². The third kappa shape index (κ3) is 2.80. The molecule has 0 radical (unpaired) electrons. The van der Waals surface area contributed by atoms with Crippen LogP contribution in [0, 0.1) is 5.41 Å². The van der Waals surface area contributed by atoms with Gasteiger partial charge >= 0.3 is 0 Å². The third-order valence-electron chi connectivity index (χ3n) is 6.97. The molecule has 3 amide bonds. The zero-order chi connectivity index (χ0) is 19.5. The molecule has 1 spiro atoms. The zero-order valence-corrected chi connectivity index (χ0v) is 16.2. The fourth-order valence-corrected chi connectivity index (χ4v) is 5.11. The van der Waals surface area contributed by atoms with Crippen LogP contribution in [0.15, 0.2) is 18.2 Å². The average molecular weight is 382 g/mol. The van der Waals surface area contributed by atoms with Gasteiger partial charge in [-0.3, -0.25) is 19.7 Å². The second-order valence-electron chi connectivity index (χ2n) is 8.90. The molecule has 28 heavy (non-hydrogen) atoms. The van der Waals surface area contributed by atoms with E-state index in [0.717, 1.165) is 18.7 Å². The molecule has 7 nitrogen and oxygen atoms in total. The molecule has 1 aromatic carbocycles. The highest BCUT2D eigenvalue weighted by Crippen LogP contribution is 2.43. The fourth-order valence-electron chi connectivity index (χ4n) is 5.11. The Morgan fingerprint density at radius 1 is 1.11 bits per heavy atom. The number of piperidine rings is 2.